The van der Waals surface area contributed by atoms with E-state index >= 15 is 0 Å². The molecule has 2 rings (SSSR count). The van der Waals surface area contributed by atoms with Crippen molar-refractivity contribution >= 4 is 12.2 Å². The second-order valence-electron chi connectivity index (χ2n) is 5.16. The fraction of sp³-hybridized carbons (Fsp3) is 0.312. The summed E-state index contributed by atoms with van der Waals surface area (Å²) in [6.07, 6.45) is 2.05. The molecule has 0 unspecified atom stereocenters. The number of benzene rings is 1. The maximum atomic E-state index is 12.4. The van der Waals surface area contributed by atoms with Gasteiger partial charge in [0.25, 0.3) is 5.56 Å². The number of aliphatic carboxylic acids is 1. The topological polar surface area (TPSA) is 87.4 Å². The molecule has 2 N–H and O–H groups in total. The summed E-state index contributed by atoms with van der Waals surface area (Å²) >= 11 is 0. The van der Waals surface area contributed by atoms with Gasteiger partial charge in [-0.1, -0.05) is 17.7 Å². The van der Waals surface area contributed by atoms with Crippen molar-refractivity contribution in [3.05, 3.63) is 51.4 Å². The number of nitrogens with zero attached hydrogens (tertiary/aromatic N) is 2. The van der Waals surface area contributed by atoms with Crippen molar-refractivity contribution in [3.63, 3.8) is 0 Å². The molecule has 0 bridgehead atoms. The van der Waals surface area contributed by atoms with E-state index < -0.39 is 5.97 Å². The van der Waals surface area contributed by atoms with Crippen molar-refractivity contribution in [3.8, 4) is 5.69 Å². The van der Waals surface area contributed by atoms with Crippen LogP contribution < -0.4 is 5.56 Å². The molecule has 0 aliphatic heterocycles. The van der Waals surface area contributed by atoms with Gasteiger partial charge in [0.15, 0.2) is 0 Å². The predicted molar refractivity (Wildman–Crippen MR) is 85.2 cm³/mol. The SMILES string of the molecule is Cc1ccc(-n2[nH]c(C)c(C=NCCCC(=O)O)c2=O)cc1. The van der Waals surface area contributed by atoms with Gasteiger partial charge in [-0.3, -0.25) is 19.7 Å². The summed E-state index contributed by atoms with van der Waals surface area (Å²) in [5, 5.41) is 11.6. The van der Waals surface area contributed by atoms with E-state index in [4.69, 9.17) is 5.11 Å². The predicted octanol–water partition coefficient (Wildman–Crippen LogP) is 2.07. The lowest BCUT2D eigenvalue weighted by Crippen LogP contribution is -2.17. The van der Waals surface area contributed by atoms with Gasteiger partial charge in [0.1, 0.15) is 0 Å². The summed E-state index contributed by atoms with van der Waals surface area (Å²) in [5.41, 5.74) is 2.95. The molecule has 0 spiro atoms. The highest BCUT2D eigenvalue weighted by Crippen LogP contribution is 2.08. The van der Waals surface area contributed by atoms with Crippen LogP contribution in [0.25, 0.3) is 5.69 Å². The van der Waals surface area contributed by atoms with Gasteiger partial charge in [-0.15, -0.1) is 0 Å². The Bertz CT molecular complexity index is 739. The molecule has 1 aromatic heterocycles. The second-order valence-corrected chi connectivity index (χ2v) is 5.16. The normalized spacial score (nSPS) is 11.2. The number of carbonyl (C=O) groups is 1. The van der Waals surface area contributed by atoms with Gasteiger partial charge < -0.3 is 5.11 Å². The first kappa shape index (κ1) is 15.8. The Morgan fingerprint density at radius 3 is 2.64 bits per heavy atom. The Morgan fingerprint density at radius 1 is 1.32 bits per heavy atom. The number of carboxylic acid groups (broad SMARTS) is 1. The number of aromatic nitrogens is 2. The van der Waals surface area contributed by atoms with Gasteiger partial charge in [0.05, 0.1) is 11.3 Å². The maximum absolute atomic E-state index is 12.4. The van der Waals surface area contributed by atoms with Crippen LogP contribution >= 0.6 is 0 Å². The van der Waals surface area contributed by atoms with Gasteiger partial charge in [0.2, 0.25) is 0 Å². The number of hydrogen-bond donors (Lipinski definition) is 2. The van der Waals surface area contributed by atoms with E-state index in [1.807, 2.05) is 38.1 Å². The minimum absolute atomic E-state index is 0.0804. The summed E-state index contributed by atoms with van der Waals surface area (Å²) in [5.74, 6) is -0.838. The summed E-state index contributed by atoms with van der Waals surface area (Å²) in [4.78, 5) is 26.9. The minimum Gasteiger partial charge on any atom is -0.481 e. The highest BCUT2D eigenvalue weighted by atomic mass is 16.4. The van der Waals surface area contributed by atoms with Gasteiger partial charge in [-0.05, 0) is 32.4 Å². The molecule has 0 saturated heterocycles. The quantitative estimate of drug-likeness (QED) is 0.632. The largest absolute Gasteiger partial charge is 0.481 e. The smallest absolute Gasteiger partial charge is 0.303 e. The summed E-state index contributed by atoms with van der Waals surface area (Å²) < 4.78 is 1.48. The number of hydrogen-bond acceptors (Lipinski definition) is 3. The fourth-order valence-corrected chi connectivity index (χ4v) is 2.06. The number of rotatable bonds is 6. The van der Waals surface area contributed by atoms with Crippen LogP contribution in [0, 0.1) is 13.8 Å². The third kappa shape index (κ3) is 3.72. The van der Waals surface area contributed by atoms with Crippen LogP contribution in [0.2, 0.25) is 0 Å². The molecule has 0 atom stereocenters. The zero-order valence-corrected chi connectivity index (χ0v) is 12.7. The van der Waals surface area contributed by atoms with Crippen molar-refractivity contribution in [2.45, 2.75) is 26.7 Å². The Morgan fingerprint density at radius 2 is 2.00 bits per heavy atom. The van der Waals surface area contributed by atoms with Crippen LogP contribution in [0.15, 0.2) is 34.1 Å². The van der Waals surface area contributed by atoms with Crippen LogP contribution in [-0.2, 0) is 4.79 Å². The van der Waals surface area contributed by atoms with Gasteiger partial charge in [-0.2, -0.15) is 0 Å². The van der Waals surface area contributed by atoms with Crippen molar-refractivity contribution in [1.82, 2.24) is 9.78 Å². The Hall–Kier alpha value is -2.63. The van der Waals surface area contributed by atoms with E-state index in [0.29, 0.717) is 18.5 Å². The first-order valence-electron chi connectivity index (χ1n) is 7.09. The lowest BCUT2D eigenvalue weighted by Gasteiger charge is -2.01. The number of aromatic amines is 1. The number of aliphatic imine (C=N–C) groups is 1. The number of nitrogens with one attached hydrogen (secondary N) is 1. The molecular formula is C16H19N3O3. The zero-order valence-electron chi connectivity index (χ0n) is 12.7. The van der Waals surface area contributed by atoms with E-state index in [1.165, 1.54) is 10.9 Å². The first-order chi connectivity index (χ1) is 10.5. The number of carboxylic acids is 1. The average molecular weight is 301 g/mol. The Balaban J connectivity index is 2.17. The molecular weight excluding hydrogens is 282 g/mol. The molecule has 0 amide bonds. The number of H-pyrrole nitrogens is 1. The molecule has 0 radical (unpaired) electrons. The molecule has 0 aliphatic carbocycles. The van der Waals surface area contributed by atoms with Crippen molar-refractivity contribution < 1.29 is 9.90 Å². The minimum atomic E-state index is -0.838. The summed E-state index contributed by atoms with van der Waals surface area (Å²) in [6, 6.07) is 7.64. The van der Waals surface area contributed by atoms with Crippen LogP contribution in [0.1, 0.15) is 29.7 Å². The van der Waals surface area contributed by atoms with Gasteiger partial charge in [0, 0.05) is 24.9 Å². The summed E-state index contributed by atoms with van der Waals surface area (Å²) in [7, 11) is 0. The van der Waals surface area contributed by atoms with Crippen molar-refractivity contribution in [2.75, 3.05) is 6.54 Å². The number of aryl methyl sites for hydroxylation is 2. The molecule has 6 heteroatoms. The van der Waals surface area contributed by atoms with Gasteiger partial charge in [-0.25, -0.2) is 4.68 Å². The lowest BCUT2D eigenvalue weighted by atomic mass is 10.2. The Kier molecular flexibility index (Phi) is 4.93. The maximum Gasteiger partial charge on any atom is 0.303 e. The molecule has 0 saturated carbocycles. The van der Waals surface area contributed by atoms with Crippen molar-refractivity contribution in [2.24, 2.45) is 4.99 Å². The highest BCUT2D eigenvalue weighted by molar-refractivity contribution is 5.80. The molecule has 0 fully saturated rings. The molecule has 22 heavy (non-hydrogen) atoms. The molecule has 6 nitrogen and oxygen atoms in total. The highest BCUT2D eigenvalue weighted by Gasteiger charge is 2.10. The monoisotopic (exact) mass is 301 g/mol. The molecule has 0 aliphatic rings. The third-order valence-corrected chi connectivity index (χ3v) is 3.31. The van der Waals surface area contributed by atoms with Crippen molar-refractivity contribution in [1.29, 1.82) is 0 Å². The van der Waals surface area contributed by atoms with E-state index in [0.717, 1.165) is 16.9 Å². The summed E-state index contributed by atoms with van der Waals surface area (Å²) in [6.45, 7) is 4.19. The molecule has 116 valence electrons. The van der Waals surface area contributed by atoms with Crippen LogP contribution in [0.5, 0.6) is 0 Å². The standard InChI is InChI=1S/C16H19N3O3/c1-11-5-7-13(8-6-11)19-16(22)14(12(2)18-19)10-17-9-3-4-15(20)21/h5-8,10,18H,3-4,9H2,1-2H3,(H,20,21). The zero-order chi connectivity index (χ0) is 16.1. The van der Waals surface area contributed by atoms with Gasteiger partial charge >= 0.3 is 5.97 Å². The first-order valence-corrected chi connectivity index (χ1v) is 7.09. The molecule has 1 aromatic carbocycles. The lowest BCUT2D eigenvalue weighted by molar-refractivity contribution is -0.137. The van der Waals surface area contributed by atoms with E-state index in [1.54, 1.807) is 0 Å². The fourth-order valence-electron chi connectivity index (χ4n) is 2.06. The van der Waals surface area contributed by atoms with Crippen LogP contribution in [0.4, 0.5) is 0 Å². The second kappa shape index (κ2) is 6.89. The van der Waals surface area contributed by atoms with Crippen LogP contribution in [0.3, 0.4) is 0 Å². The van der Waals surface area contributed by atoms with E-state index in [9.17, 15) is 9.59 Å². The van der Waals surface area contributed by atoms with E-state index in [2.05, 4.69) is 10.1 Å². The Labute approximate surface area is 128 Å². The molecule has 1 heterocycles. The molecule has 2 aromatic rings. The average Bonchev–Trinajstić information content (AvgIpc) is 2.75. The third-order valence-electron chi connectivity index (χ3n) is 3.31. The van der Waals surface area contributed by atoms with E-state index in [-0.39, 0.29) is 12.0 Å². The van der Waals surface area contributed by atoms with Crippen LogP contribution in [-0.4, -0.2) is 33.6 Å².